The highest BCUT2D eigenvalue weighted by molar-refractivity contribution is 5.75. The van der Waals surface area contributed by atoms with E-state index in [1.165, 1.54) is 0 Å². The molecule has 1 aromatic rings. The fraction of sp³-hybridized carbons (Fsp3) is 0.615. The van der Waals surface area contributed by atoms with Gasteiger partial charge in [-0.2, -0.15) is 5.10 Å². The Morgan fingerprint density at radius 2 is 2.35 bits per heavy atom. The maximum Gasteiger partial charge on any atom is 0.317 e. The number of carbonyl (C=O) groups excluding carboxylic acids is 1. The summed E-state index contributed by atoms with van der Waals surface area (Å²) in [6.45, 7) is 1.10. The molecule has 1 atom stereocenters. The highest BCUT2D eigenvalue weighted by Crippen LogP contribution is 2.29. The first-order valence-corrected chi connectivity index (χ1v) is 6.94. The molecule has 0 aromatic carbocycles. The Balaban J connectivity index is 1.87. The lowest BCUT2D eigenvalue weighted by Gasteiger charge is -2.35. The highest BCUT2D eigenvalue weighted by Gasteiger charge is 2.28. The molecule has 3 N–H and O–H groups in total. The summed E-state index contributed by atoms with van der Waals surface area (Å²) in [5.41, 5.74) is 0.949. The number of rotatable bonds is 5. The van der Waals surface area contributed by atoms with Crippen LogP contribution in [0.15, 0.2) is 12.3 Å². The molecular weight excluding hydrogens is 260 g/mol. The van der Waals surface area contributed by atoms with Crippen molar-refractivity contribution in [2.24, 2.45) is 0 Å². The van der Waals surface area contributed by atoms with Gasteiger partial charge in [-0.05, 0) is 31.7 Å². The number of carboxylic acids is 1. The number of aliphatic carboxylic acids is 1. The van der Waals surface area contributed by atoms with Crippen LogP contribution in [0.3, 0.4) is 0 Å². The minimum atomic E-state index is -0.840. The van der Waals surface area contributed by atoms with E-state index in [9.17, 15) is 9.59 Å². The summed E-state index contributed by atoms with van der Waals surface area (Å²) in [7, 11) is 0. The van der Waals surface area contributed by atoms with E-state index in [-0.39, 0.29) is 18.5 Å². The fourth-order valence-corrected chi connectivity index (χ4v) is 2.49. The molecule has 0 spiro atoms. The lowest BCUT2D eigenvalue weighted by atomic mass is 10.00. The molecule has 110 valence electrons. The molecule has 20 heavy (non-hydrogen) atoms. The molecule has 1 fully saturated rings. The van der Waals surface area contributed by atoms with E-state index in [0.29, 0.717) is 19.5 Å². The molecule has 2 amide bonds. The molecular formula is C13H20N4O3. The molecule has 1 aliphatic heterocycles. The molecule has 2 rings (SSSR count). The number of likely N-dealkylation sites (tertiary alicyclic amines) is 1. The summed E-state index contributed by atoms with van der Waals surface area (Å²) in [6.07, 6.45) is 5.21. The van der Waals surface area contributed by atoms with E-state index in [1.807, 2.05) is 6.07 Å². The summed E-state index contributed by atoms with van der Waals surface area (Å²) in [5.74, 6) is -0.840. The Kier molecular flexibility index (Phi) is 4.97. The minimum absolute atomic E-state index is 0.0331. The van der Waals surface area contributed by atoms with Gasteiger partial charge in [0.1, 0.15) is 0 Å². The van der Waals surface area contributed by atoms with Crippen molar-refractivity contribution < 1.29 is 14.7 Å². The van der Waals surface area contributed by atoms with Crippen molar-refractivity contribution in [1.29, 1.82) is 0 Å². The third kappa shape index (κ3) is 3.72. The van der Waals surface area contributed by atoms with E-state index >= 15 is 0 Å². The number of hydrogen-bond acceptors (Lipinski definition) is 3. The van der Waals surface area contributed by atoms with Gasteiger partial charge in [0.25, 0.3) is 0 Å². The number of H-pyrrole nitrogens is 1. The number of nitrogens with one attached hydrogen (secondary N) is 2. The zero-order valence-corrected chi connectivity index (χ0v) is 11.3. The summed E-state index contributed by atoms with van der Waals surface area (Å²) >= 11 is 0. The SMILES string of the molecule is O=C(O)CCCNC(=O)N1CCCCC1c1ccn[nH]1. The molecule has 1 aromatic heterocycles. The first-order valence-electron chi connectivity index (χ1n) is 6.94. The largest absolute Gasteiger partial charge is 0.481 e. The van der Waals surface area contributed by atoms with Crippen molar-refractivity contribution in [3.63, 3.8) is 0 Å². The lowest BCUT2D eigenvalue weighted by Crippen LogP contribution is -2.45. The molecule has 0 radical (unpaired) electrons. The van der Waals surface area contributed by atoms with E-state index in [4.69, 9.17) is 5.11 Å². The van der Waals surface area contributed by atoms with Crippen LogP contribution in [0.25, 0.3) is 0 Å². The van der Waals surface area contributed by atoms with Crippen LogP contribution in [-0.2, 0) is 4.79 Å². The monoisotopic (exact) mass is 280 g/mol. The summed E-state index contributed by atoms with van der Waals surface area (Å²) in [4.78, 5) is 24.4. The number of amides is 2. The fourth-order valence-electron chi connectivity index (χ4n) is 2.49. The first-order chi connectivity index (χ1) is 9.68. The standard InChI is InChI=1S/C13H20N4O3/c18-12(19)5-3-7-14-13(20)17-9-2-1-4-11(17)10-6-8-15-16-10/h6,8,11H,1-5,7,9H2,(H,14,20)(H,15,16)(H,18,19). The van der Waals surface area contributed by atoms with Gasteiger partial charge in [0.15, 0.2) is 0 Å². The van der Waals surface area contributed by atoms with E-state index in [2.05, 4.69) is 15.5 Å². The van der Waals surface area contributed by atoms with Crippen LogP contribution in [0, 0.1) is 0 Å². The van der Waals surface area contributed by atoms with Gasteiger partial charge in [0.05, 0.1) is 11.7 Å². The highest BCUT2D eigenvalue weighted by atomic mass is 16.4. The second-order valence-corrected chi connectivity index (χ2v) is 4.95. The molecule has 7 heteroatoms. The van der Waals surface area contributed by atoms with E-state index < -0.39 is 5.97 Å². The Morgan fingerprint density at radius 3 is 3.05 bits per heavy atom. The third-order valence-electron chi connectivity index (χ3n) is 3.49. The quantitative estimate of drug-likeness (QED) is 0.712. The number of carbonyl (C=O) groups is 2. The minimum Gasteiger partial charge on any atom is -0.481 e. The molecule has 1 aliphatic rings. The van der Waals surface area contributed by atoms with Crippen molar-refractivity contribution in [3.8, 4) is 0 Å². The zero-order chi connectivity index (χ0) is 14.4. The number of piperidine rings is 1. The summed E-state index contributed by atoms with van der Waals surface area (Å²) in [6, 6.07) is 1.79. The van der Waals surface area contributed by atoms with Crippen LogP contribution < -0.4 is 5.32 Å². The molecule has 1 saturated heterocycles. The Labute approximate surface area is 117 Å². The topological polar surface area (TPSA) is 98.3 Å². The van der Waals surface area contributed by atoms with Crippen molar-refractivity contribution in [2.75, 3.05) is 13.1 Å². The first kappa shape index (κ1) is 14.4. The average Bonchev–Trinajstić information content (AvgIpc) is 2.97. The number of aromatic nitrogens is 2. The molecule has 0 aliphatic carbocycles. The van der Waals surface area contributed by atoms with Crippen LogP contribution in [0.2, 0.25) is 0 Å². The molecule has 2 heterocycles. The van der Waals surface area contributed by atoms with Crippen molar-refractivity contribution in [1.82, 2.24) is 20.4 Å². The maximum absolute atomic E-state index is 12.2. The van der Waals surface area contributed by atoms with Crippen molar-refractivity contribution in [2.45, 2.75) is 38.1 Å². The Bertz CT molecular complexity index is 446. The van der Waals surface area contributed by atoms with Crippen LogP contribution in [0.1, 0.15) is 43.8 Å². The predicted molar refractivity (Wildman–Crippen MR) is 72.2 cm³/mol. The Morgan fingerprint density at radius 1 is 1.50 bits per heavy atom. The van der Waals surface area contributed by atoms with Gasteiger partial charge < -0.3 is 15.3 Å². The smallest absolute Gasteiger partial charge is 0.317 e. The maximum atomic E-state index is 12.2. The Hall–Kier alpha value is -2.05. The molecule has 0 saturated carbocycles. The second kappa shape index (κ2) is 6.93. The summed E-state index contributed by atoms with van der Waals surface area (Å²) < 4.78 is 0. The van der Waals surface area contributed by atoms with Gasteiger partial charge in [0, 0.05) is 25.7 Å². The van der Waals surface area contributed by atoms with Crippen molar-refractivity contribution >= 4 is 12.0 Å². The summed E-state index contributed by atoms with van der Waals surface area (Å²) in [5, 5.41) is 18.2. The normalized spacial score (nSPS) is 18.8. The third-order valence-corrected chi connectivity index (χ3v) is 3.49. The number of hydrogen-bond donors (Lipinski definition) is 3. The average molecular weight is 280 g/mol. The number of urea groups is 1. The van der Waals surface area contributed by atoms with Gasteiger partial charge in [-0.15, -0.1) is 0 Å². The lowest BCUT2D eigenvalue weighted by molar-refractivity contribution is -0.137. The van der Waals surface area contributed by atoms with Gasteiger partial charge >= 0.3 is 12.0 Å². The number of nitrogens with zero attached hydrogens (tertiary/aromatic N) is 2. The van der Waals surface area contributed by atoms with E-state index in [0.717, 1.165) is 25.0 Å². The molecule has 1 unspecified atom stereocenters. The van der Waals surface area contributed by atoms with Crippen molar-refractivity contribution in [3.05, 3.63) is 18.0 Å². The van der Waals surface area contributed by atoms with Crippen LogP contribution >= 0.6 is 0 Å². The van der Waals surface area contributed by atoms with E-state index in [1.54, 1.807) is 11.1 Å². The number of carboxylic acid groups (broad SMARTS) is 1. The van der Waals surface area contributed by atoms with Gasteiger partial charge in [-0.1, -0.05) is 0 Å². The zero-order valence-electron chi connectivity index (χ0n) is 11.3. The van der Waals surface area contributed by atoms with Gasteiger partial charge in [-0.3, -0.25) is 9.89 Å². The molecule has 0 bridgehead atoms. The van der Waals surface area contributed by atoms with Crippen LogP contribution in [-0.4, -0.2) is 45.3 Å². The predicted octanol–water partition coefficient (Wildman–Crippen LogP) is 1.51. The number of aromatic amines is 1. The van der Waals surface area contributed by atoms with Gasteiger partial charge in [0.2, 0.25) is 0 Å². The van der Waals surface area contributed by atoms with Crippen LogP contribution in [0.5, 0.6) is 0 Å². The second-order valence-electron chi connectivity index (χ2n) is 4.95. The van der Waals surface area contributed by atoms with Crippen LogP contribution in [0.4, 0.5) is 4.79 Å². The molecule has 7 nitrogen and oxygen atoms in total. The van der Waals surface area contributed by atoms with Gasteiger partial charge in [-0.25, -0.2) is 4.79 Å².